The summed E-state index contributed by atoms with van der Waals surface area (Å²) in [5, 5.41) is 8.14. The van der Waals surface area contributed by atoms with Crippen molar-refractivity contribution < 1.29 is 13.5 Å². The molecule has 0 amide bonds. The second-order valence-corrected chi connectivity index (χ2v) is 6.83. The molecule has 0 radical (unpaired) electrons. The van der Waals surface area contributed by atoms with E-state index in [1.807, 2.05) is 0 Å². The highest BCUT2D eigenvalue weighted by molar-refractivity contribution is 7.92. The van der Waals surface area contributed by atoms with E-state index < -0.39 is 9.84 Å². The van der Waals surface area contributed by atoms with E-state index in [4.69, 9.17) is 5.11 Å². The molecule has 0 aromatic heterocycles. The fourth-order valence-corrected chi connectivity index (χ4v) is 3.51. The summed E-state index contributed by atoms with van der Waals surface area (Å²) in [6, 6.07) is 0. The van der Waals surface area contributed by atoms with Crippen molar-refractivity contribution in [1.82, 2.24) is 4.90 Å². The molecule has 4 nitrogen and oxygen atoms in total. The van der Waals surface area contributed by atoms with Crippen molar-refractivity contribution >= 4 is 9.84 Å². The summed E-state index contributed by atoms with van der Waals surface area (Å²) in [7, 11) is -2.90. The average Bonchev–Trinajstić information content (AvgIpc) is 2.11. The van der Waals surface area contributed by atoms with Gasteiger partial charge in [0.2, 0.25) is 0 Å². The van der Waals surface area contributed by atoms with Gasteiger partial charge >= 0.3 is 0 Å². The second kappa shape index (κ2) is 4.59. The Hall–Kier alpha value is -0.130. The predicted octanol–water partition coefficient (Wildman–Crippen LogP) is -0.124. The summed E-state index contributed by atoms with van der Waals surface area (Å²) in [6.45, 7) is 5.69. The molecule has 0 aromatic carbocycles. The molecule has 2 unspecified atom stereocenters. The van der Waals surface area contributed by atoms with Crippen molar-refractivity contribution in [3.05, 3.63) is 0 Å². The third-order valence-corrected chi connectivity index (χ3v) is 5.33. The normalized spacial score (nSPS) is 33.1. The highest BCUT2D eigenvalue weighted by atomic mass is 32.2. The van der Waals surface area contributed by atoms with Crippen molar-refractivity contribution in [2.75, 3.05) is 26.2 Å². The van der Waals surface area contributed by atoms with Crippen LogP contribution in [0.2, 0.25) is 0 Å². The summed E-state index contributed by atoms with van der Waals surface area (Å²) in [6.07, 6.45) is 0.722. The van der Waals surface area contributed by atoms with Gasteiger partial charge in [0.05, 0.1) is 10.5 Å². The summed E-state index contributed by atoms with van der Waals surface area (Å²) in [5.74, 6) is 0. The Balaban J connectivity index is 2.57. The van der Waals surface area contributed by atoms with Crippen LogP contribution >= 0.6 is 0 Å². The van der Waals surface area contributed by atoms with Crippen LogP contribution < -0.4 is 0 Å². The van der Waals surface area contributed by atoms with Gasteiger partial charge in [-0.1, -0.05) is 0 Å². The van der Waals surface area contributed by atoms with Gasteiger partial charge in [-0.05, 0) is 20.3 Å². The number of hydrogen-bond donors (Lipinski definition) is 1. The van der Waals surface area contributed by atoms with Gasteiger partial charge in [-0.2, -0.15) is 0 Å². The van der Waals surface area contributed by atoms with E-state index in [0.29, 0.717) is 13.1 Å². The summed E-state index contributed by atoms with van der Waals surface area (Å²) >= 11 is 0. The van der Waals surface area contributed by atoms with Crippen molar-refractivity contribution in [2.45, 2.75) is 30.8 Å². The first-order valence-electron chi connectivity index (χ1n) is 5.04. The molecule has 1 aliphatic heterocycles. The van der Waals surface area contributed by atoms with Crippen molar-refractivity contribution in [2.24, 2.45) is 0 Å². The zero-order chi connectivity index (χ0) is 10.8. The minimum Gasteiger partial charge on any atom is -0.396 e. The molecular weight excluding hydrogens is 202 g/mol. The SMILES string of the molecule is CC1CN(CCCO)CC(C)S1(=O)=O. The van der Waals surface area contributed by atoms with Crippen LogP contribution in [0.15, 0.2) is 0 Å². The number of aliphatic hydroxyl groups excluding tert-OH is 1. The van der Waals surface area contributed by atoms with Crippen LogP contribution in [-0.4, -0.2) is 55.2 Å². The maximum Gasteiger partial charge on any atom is 0.157 e. The number of nitrogens with zero attached hydrogens (tertiary/aromatic N) is 1. The molecule has 1 aliphatic rings. The number of sulfone groups is 1. The lowest BCUT2D eigenvalue weighted by atomic mass is 10.3. The Bertz CT molecular complexity index is 258. The second-order valence-electron chi connectivity index (χ2n) is 4.05. The molecule has 1 rings (SSSR count). The van der Waals surface area contributed by atoms with Gasteiger partial charge < -0.3 is 10.0 Å². The van der Waals surface area contributed by atoms with Crippen LogP contribution in [-0.2, 0) is 9.84 Å². The third-order valence-electron chi connectivity index (χ3n) is 2.78. The molecular formula is C9H19NO3S. The molecule has 0 spiro atoms. The zero-order valence-corrected chi connectivity index (χ0v) is 9.63. The molecule has 1 saturated heterocycles. The first kappa shape index (κ1) is 11.9. The summed E-state index contributed by atoms with van der Waals surface area (Å²) in [4.78, 5) is 2.12. The van der Waals surface area contributed by atoms with Crippen LogP contribution in [0, 0.1) is 0 Å². The molecule has 2 atom stereocenters. The molecule has 1 fully saturated rings. The van der Waals surface area contributed by atoms with E-state index in [-0.39, 0.29) is 17.1 Å². The Morgan fingerprint density at radius 1 is 1.29 bits per heavy atom. The zero-order valence-electron chi connectivity index (χ0n) is 8.81. The standard InChI is InChI=1S/C9H19NO3S/c1-8-6-10(4-3-5-11)7-9(2)14(8,12)13/h8-9,11H,3-7H2,1-2H3. The molecule has 0 aromatic rings. The van der Waals surface area contributed by atoms with Gasteiger partial charge in [0.1, 0.15) is 0 Å². The lowest BCUT2D eigenvalue weighted by Gasteiger charge is -2.34. The smallest absolute Gasteiger partial charge is 0.157 e. The Labute approximate surface area is 85.8 Å². The Morgan fingerprint density at radius 3 is 2.21 bits per heavy atom. The first-order chi connectivity index (χ1) is 6.48. The molecule has 0 saturated carbocycles. The maximum absolute atomic E-state index is 11.7. The van der Waals surface area contributed by atoms with Crippen LogP contribution in [0.25, 0.3) is 0 Å². The topological polar surface area (TPSA) is 57.6 Å². The van der Waals surface area contributed by atoms with Gasteiger partial charge in [-0.15, -0.1) is 0 Å². The Kier molecular flexibility index (Phi) is 3.92. The van der Waals surface area contributed by atoms with E-state index >= 15 is 0 Å². The van der Waals surface area contributed by atoms with E-state index in [1.54, 1.807) is 13.8 Å². The molecule has 0 bridgehead atoms. The van der Waals surface area contributed by atoms with Gasteiger partial charge in [0.15, 0.2) is 9.84 Å². The molecule has 14 heavy (non-hydrogen) atoms. The number of rotatable bonds is 3. The molecule has 0 aliphatic carbocycles. The van der Waals surface area contributed by atoms with Crippen LogP contribution in [0.4, 0.5) is 0 Å². The summed E-state index contributed by atoms with van der Waals surface area (Å²) < 4.78 is 23.3. The van der Waals surface area contributed by atoms with Gasteiger partial charge in [0.25, 0.3) is 0 Å². The van der Waals surface area contributed by atoms with Gasteiger partial charge in [-0.25, -0.2) is 8.42 Å². The average molecular weight is 221 g/mol. The van der Waals surface area contributed by atoms with E-state index in [2.05, 4.69) is 4.90 Å². The van der Waals surface area contributed by atoms with Crippen molar-refractivity contribution in [1.29, 1.82) is 0 Å². The molecule has 5 heteroatoms. The van der Waals surface area contributed by atoms with Crippen molar-refractivity contribution in [3.8, 4) is 0 Å². The summed E-state index contributed by atoms with van der Waals surface area (Å²) in [5.41, 5.74) is 0. The predicted molar refractivity (Wildman–Crippen MR) is 56.0 cm³/mol. The highest BCUT2D eigenvalue weighted by Crippen LogP contribution is 2.18. The quantitative estimate of drug-likeness (QED) is 0.721. The maximum atomic E-state index is 11.7. The molecule has 1 heterocycles. The van der Waals surface area contributed by atoms with E-state index in [9.17, 15) is 8.42 Å². The number of aliphatic hydroxyl groups is 1. The monoisotopic (exact) mass is 221 g/mol. The highest BCUT2D eigenvalue weighted by Gasteiger charge is 2.35. The van der Waals surface area contributed by atoms with Crippen LogP contribution in [0.3, 0.4) is 0 Å². The van der Waals surface area contributed by atoms with Gasteiger partial charge in [-0.3, -0.25) is 0 Å². The van der Waals surface area contributed by atoms with E-state index in [1.165, 1.54) is 0 Å². The van der Waals surface area contributed by atoms with Crippen LogP contribution in [0.5, 0.6) is 0 Å². The minimum atomic E-state index is -2.90. The Morgan fingerprint density at radius 2 is 1.79 bits per heavy atom. The lowest BCUT2D eigenvalue weighted by molar-refractivity contribution is 0.218. The lowest BCUT2D eigenvalue weighted by Crippen LogP contribution is -2.50. The molecule has 1 N–H and O–H groups in total. The molecule has 84 valence electrons. The third kappa shape index (κ3) is 2.46. The number of hydrogen-bond acceptors (Lipinski definition) is 4. The fraction of sp³-hybridized carbons (Fsp3) is 1.00. The van der Waals surface area contributed by atoms with E-state index in [0.717, 1.165) is 13.0 Å². The van der Waals surface area contributed by atoms with Gasteiger partial charge in [0, 0.05) is 26.2 Å². The van der Waals surface area contributed by atoms with Crippen molar-refractivity contribution in [3.63, 3.8) is 0 Å². The first-order valence-corrected chi connectivity index (χ1v) is 6.65. The largest absolute Gasteiger partial charge is 0.396 e. The fourth-order valence-electron chi connectivity index (χ4n) is 1.88. The minimum absolute atomic E-state index is 0.173. The van der Waals surface area contributed by atoms with Crippen LogP contribution in [0.1, 0.15) is 20.3 Å².